The fraction of sp³-hybridized carbons (Fsp3) is 0.115. The summed E-state index contributed by atoms with van der Waals surface area (Å²) < 4.78 is 6.20. The van der Waals surface area contributed by atoms with Gasteiger partial charge < -0.3 is 4.74 Å². The lowest BCUT2D eigenvalue weighted by Gasteiger charge is -2.36. The standard InChI is InChI=1S/C26H21IN2O3S/c1-16-9-11-20(13-17(16)2)29-25(31)21(14-18-10-12-23(32-3)22(27)15-18)24(30)28(26(29)33)19-7-5-4-6-8-19/h4-15H,1-3H3/b21-14-. The summed E-state index contributed by atoms with van der Waals surface area (Å²) in [5.74, 6) is -0.184. The van der Waals surface area contributed by atoms with E-state index in [0.29, 0.717) is 11.4 Å². The Labute approximate surface area is 211 Å². The van der Waals surface area contributed by atoms with E-state index >= 15 is 0 Å². The molecule has 3 aromatic rings. The molecule has 166 valence electrons. The van der Waals surface area contributed by atoms with Gasteiger partial charge >= 0.3 is 0 Å². The average Bonchev–Trinajstić information content (AvgIpc) is 2.80. The van der Waals surface area contributed by atoms with Gasteiger partial charge in [-0.1, -0.05) is 30.3 Å². The number of halogens is 1. The summed E-state index contributed by atoms with van der Waals surface area (Å²) in [7, 11) is 1.60. The molecule has 0 bridgehead atoms. The second kappa shape index (κ2) is 9.44. The largest absolute Gasteiger partial charge is 0.496 e. The first-order valence-electron chi connectivity index (χ1n) is 10.2. The maximum Gasteiger partial charge on any atom is 0.270 e. The maximum atomic E-state index is 13.6. The third kappa shape index (κ3) is 4.43. The van der Waals surface area contributed by atoms with Crippen LogP contribution in [-0.4, -0.2) is 24.0 Å². The van der Waals surface area contributed by atoms with Gasteiger partial charge in [-0.25, -0.2) is 0 Å². The number of amides is 2. The molecule has 7 heteroatoms. The predicted octanol–water partition coefficient (Wildman–Crippen LogP) is 5.66. The minimum Gasteiger partial charge on any atom is -0.496 e. The SMILES string of the molecule is COc1ccc(/C=C2/C(=O)N(c3ccccc3)C(=S)N(c3ccc(C)c(C)c3)C2=O)cc1I. The monoisotopic (exact) mass is 568 g/mol. The predicted molar refractivity (Wildman–Crippen MR) is 144 cm³/mol. The quantitative estimate of drug-likeness (QED) is 0.176. The van der Waals surface area contributed by atoms with E-state index in [1.54, 1.807) is 25.3 Å². The lowest BCUT2D eigenvalue weighted by Crippen LogP contribution is -2.57. The smallest absolute Gasteiger partial charge is 0.270 e. The summed E-state index contributed by atoms with van der Waals surface area (Å²) in [6, 6.07) is 20.3. The van der Waals surface area contributed by atoms with Crippen molar-refractivity contribution in [1.82, 2.24) is 0 Å². The number of para-hydroxylation sites is 1. The lowest BCUT2D eigenvalue weighted by molar-refractivity contribution is -0.120. The fourth-order valence-corrected chi connectivity index (χ4v) is 4.70. The van der Waals surface area contributed by atoms with Crippen LogP contribution in [0.1, 0.15) is 16.7 Å². The van der Waals surface area contributed by atoms with Gasteiger partial charge in [-0.05, 0) is 108 Å². The van der Waals surface area contributed by atoms with Crippen LogP contribution in [0.3, 0.4) is 0 Å². The summed E-state index contributed by atoms with van der Waals surface area (Å²) in [4.78, 5) is 30.0. The van der Waals surface area contributed by atoms with Gasteiger partial charge in [-0.2, -0.15) is 0 Å². The number of carbonyl (C=O) groups is 2. The number of ether oxygens (including phenoxy) is 1. The van der Waals surface area contributed by atoms with Crippen LogP contribution in [0.5, 0.6) is 5.75 Å². The average molecular weight is 568 g/mol. The minimum atomic E-state index is -0.456. The number of aryl methyl sites for hydroxylation is 2. The van der Waals surface area contributed by atoms with Crippen molar-refractivity contribution in [3.63, 3.8) is 0 Å². The summed E-state index contributed by atoms with van der Waals surface area (Å²) in [6.07, 6.45) is 1.61. The number of benzene rings is 3. The Hall–Kier alpha value is -3.04. The van der Waals surface area contributed by atoms with Gasteiger partial charge in [0.2, 0.25) is 0 Å². The van der Waals surface area contributed by atoms with Crippen molar-refractivity contribution in [2.75, 3.05) is 16.9 Å². The molecule has 1 saturated heterocycles. The number of hydrogen-bond acceptors (Lipinski definition) is 4. The van der Waals surface area contributed by atoms with E-state index in [1.807, 2.05) is 68.4 Å². The van der Waals surface area contributed by atoms with Crippen LogP contribution < -0.4 is 14.5 Å². The number of carbonyl (C=O) groups excluding carboxylic acids is 2. The third-order valence-corrected chi connectivity index (χ3v) is 6.71. The highest BCUT2D eigenvalue weighted by atomic mass is 127. The van der Waals surface area contributed by atoms with Gasteiger partial charge in [0.15, 0.2) is 5.11 Å². The van der Waals surface area contributed by atoms with Crippen LogP contribution in [0.25, 0.3) is 6.08 Å². The Bertz CT molecular complexity index is 1300. The minimum absolute atomic E-state index is 0.0339. The molecule has 3 aromatic carbocycles. The van der Waals surface area contributed by atoms with Crippen LogP contribution >= 0.6 is 34.8 Å². The Morgan fingerprint density at radius 3 is 2.12 bits per heavy atom. The number of rotatable bonds is 4. The third-order valence-electron chi connectivity index (χ3n) is 5.50. The van der Waals surface area contributed by atoms with Gasteiger partial charge in [0.25, 0.3) is 11.8 Å². The maximum absolute atomic E-state index is 13.6. The second-order valence-corrected chi connectivity index (χ2v) is 9.15. The van der Waals surface area contributed by atoms with Crippen molar-refractivity contribution in [1.29, 1.82) is 0 Å². The lowest BCUT2D eigenvalue weighted by atomic mass is 10.0. The molecule has 33 heavy (non-hydrogen) atoms. The van der Waals surface area contributed by atoms with E-state index in [4.69, 9.17) is 17.0 Å². The molecule has 2 amide bonds. The van der Waals surface area contributed by atoms with E-state index < -0.39 is 11.8 Å². The molecule has 1 aliphatic heterocycles. The molecule has 0 radical (unpaired) electrons. The van der Waals surface area contributed by atoms with Crippen molar-refractivity contribution in [3.8, 4) is 5.75 Å². The van der Waals surface area contributed by atoms with Crippen LogP contribution in [0.2, 0.25) is 0 Å². The van der Waals surface area contributed by atoms with Crippen molar-refractivity contribution in [2.24, 2.45) is 0 Å². The molecular formula is C26H21IN2O3S. The van der Waals surface area contributed by atoms with Crippen LogP contribution in [0, 0.1) is 17.4 Å². The zero-order chi connectivity index (χ0) is 23.7. The van der Waals surface area contributed by atoms with E-state index in [0.717, 1.165) is 26.0 Å². The van der Waals surface area contributed by atoms with Crippen molar-refractivity contribution in [2.45, 2.75) is 13.8 Å². The zero-order valence-corrected chi connectivity index (χ0v) is 21.3. The Morgan fingerprint density at radius 2 is 1.52 bits per heavy atom. The molecule has 0 saturated carbocycles. The first kappa shape index (κ1) is 23.1. The summed E-state index contributed by atoms with van der Waals surface area (Å²) in [6.45, 7) is 3.98. The molecule has 1 aliphatic rings. The number of nitrogens with zero attached hydrogens (tertiary/aromatic N) is 2. The molecule has 0 atom stereocenters. The molecule has 4 rings (SSSR count). The van der Waals surface area contributed by atoms with Crippen molar-refractivity contribution in [3.05, 3.63) is 92.6 Å². The molecule has 0 aliphatic carbocycles. The molecule has 1 fully saturated rings. The Balaban J connectivity index is 1.87. The second-order valence-electron chi connectivity index (χ2n) is 7.62. The summed E-state index contributed by atoms with van der Waals surface area (Å²) in [5.41, 5.74) is 4.11. The van der Waals surface area contributed by atoms with Gasteiger partial charge in [0, 0.05) is 0 Å². The zero-order valence-electron chi connectivity index (χ0n) is 18.3. The molecule has 0 N–H and O–H groups in total. The fourth-order valence-electron chi connectivity index (χ4n) is 3.57. The van der Waals surface area contributed by atoms with E-state index in [2.05, 4.69) is 22.6 Å². The van der Waals surface area contributed by atoms with E-state index in [-0.39, 0.29) is 10.7 Å². The van der Waals surface area contributed by atoms with Gasteiger partial charge in [-0.3, -0.25) is 19.4 Å². The molecule has 0 unspecified atom stereocenters. The summed E-state index contributed by atoms with van der Waals surface area (Å²) >= 11 is 7.84. The van der Waals surface area contributed by atoms with Crippen LogP contribution in [0.15, 0.2) is 72.3 Å². The number of thiocarbonyl (C=S) groups is 1. The first-order chi connectivity index (χ1) is 15.8. The number of anilines is 2. The highest BCUT2D eigenvalue weighted by Gasteiger charge is 2.41. The first-order valence-corrected chi connectivity index (χ1v) is 11.7. The summed E-state index contributed by atoms with van der Waals surface area (Å²) in [5, 5.41) is 0.126. The normalized spacial score (nSPS) is 15.4. The molecule has 0 spiro atoms. The van der Waals surface area contributed by atoms with Gasteiger partial charge in [0.1, 0.15) is 11.3 Å². The van der Waals surface area contributed by atoms with Crippen LogP contribution in [-0.2, 0) is 9.59 Å². The molecule has 5 nitrogen and oxygen atoms in total. The topological polar surface area (TPSA) is 49.9 Å². The van der Waals surface area contributed by atoms with E-state index in [9.17, 15) is 9.59 Å². The van der Waals surface area contributed by atoms with Gasteiger partial charge in [0.05, 0.1) is 22.1 Å². The van der Waals surface area contributed by atoms with Crippen LogP contribution in [0.4, 0.5) is 11.4 Å². The molecule has 1 heterocycles. The highest BCUT2D eigenvalue weighted by molar-refractivity contribution is 14.1. The van der Waals surface area contributed by atoms with E-state index in [1.165, 1.54) is 9.80 Å². The van der Waals surface area contributed by atoms with Gasteiger partial charge in [-0.15, -0.1) is 0 Å². The number of methoxy groups -OCH3 is 1. The molecular weight excluding hydrogens is 547 g/mol. The van der Waals surface area contributed by atoms with Crippen molar-refractivity contribution >= 4 is 69.2 Å². The van der Waals surface area contributed by atoms with Crippen molar-refractivity contribution < 1.29 is 14.3 Å². The highest BCUT2D eigenvalue weighted by Crippen LogP contribution is 2.31. The number of hydrogen-bond donors (Lipinski definition) is 0. The molecule has 0 aromatic heterocycles. The Kier molecular flexibility index (Phi) is 6.62. The Morgan fingerprint density at radius 1 is 0.848 bits per heavy atom.